The number of aryl methyl sites for hydroxylation is 1. The van der Waals surface area contributed by atoms with Crippen LogP contribution in [0.15, 0.2) is 53.6 Å². The summed E-state index contributed by atoms with van der Waals surface area (Å²) in [5, 5.41) is 4.95. The minimum atomic E-state index is -0.798. The number of methoxy groups -OCH3 is 1. The van der Waals surface area contributed by atoms with Crippen LogP contribution >= 0.6 is 11.8 Å². The molecule has 0 aliphatic carbocycles. The van der Waals surface area contributed by atoms with Gasteiger partial charge in [-0.3, -0.25) is 14.5 Å². The Balaban J connectivity index is 1.81. The number of anilines is 1. The van der Waals surface area contributed by atoms with Crippen LogP contribution in [0.4, 0.5) is 5.69 Å². The zero-order chi connectivity index (χ0) is 23.4. The number of hydrogen-bond donors (Lipinski definition) is 1. The molecule has 1 aromatic heterocycles. The number of nitrogens with zero attached hydrogens (tertiary/aromatic N) is 2. The minimum absolute atomic E-state index is 0.122. The zero-order valence-corrected chi connectivity index (χ0v) is 20.0. The van der Waals surface area contributed by atoms with Crippen molar-refractivity contribution in [3.8, 4) is 5.75 Å². The van der Waals surface area contributed by atoms with Crippen molar-refractivity contribution in [1.82, 2.24) is 9.88 Å². The van der Waals surface area contributed by atoms with E-state index in [4.69, 9.17) is 9.47 Å². The van der Waals surface area contributed by atoms with Crippen molar-refractivity contribution in [3.05, 3.63) is 54.1 Å². The van der Waals surface area contributed by atoms with E-state index in [1.54, 1.807) is 18.1 Å². The molecule has 7 nitrogen and oxygen atoms in total. The lowest BCUT2D eigenvalue weighted by Crippen LogP contribution is -2.44. The highest BCUT2D eigenvalue weighted by Gasteiger charge is 2.39. The Morgan fingerprint density at radius 2 is 2.03 bits per heavy atom. The van der Waals surface area contributed by atoms with Gasteiger partial charge in [0.25, 0.3) is 0 Å². The molecule has 1 aliphatic heterocycles. The molecule has 1 atom stereocenters. The number of carbonyl (C=O) groups is 2. The van der Waals surface area contributed by atoms with Crippen LogP contribution in [0, 0.1) is 0 Å². The van der Waals surface area contributed by atoms with E-state index in [1.807, 2.05) is 56.4 Å². The minimum Gasteiger partial charge on any atom is -0.497 e. The van der Waals surface area contributed by atoms with Crippen molar-refractivity contribution >= 4 is 40.2 Å². The summed E-state index contributed by atoms with van der Waals surface area (Å²) in [7, 11) is 3.57. The van der Waals surface area contributed by atoms with Gasteiger partial charge in [-0.2, -0.15) is 0 Å². The van der Waals surface area contributed by atoms with Crippen molar-refractivity contribution in [2.24, 2.45) is 7.05 Å². The van der Waals surface area contributed by atoms with Gasteiger partial charge in [0.15, 0.2) is 0 Å². The van der Waals surface area contributed by atoms with Gasteiger partial charge in [-0.05, 0) is 31.5 Å². The Hall–Kier alpha value is -2.97. The first-order chi connectivity index (χ1) is 16.1. The Bertz CT molecular complexity index is 1160. The lowest BCUT2D eigenvalue weighted by Gasteiger charge is -2.30. The predicted octanol–water partition coefficient (Wildman–Crippen LogP) is 3.91. The first-order valence-electron chi connectivity index (χ1n) is 11.1. The molecule has 4 rings (SSSR count). The van der Waals surface area contributed by atoms with E-state index in [0.717, 1.165) is 21.5 Å². The van der Waals surface area contributed by atoms with Gasteiger partial charge in [0, 0.05) is 55.0 Å². The molecule has 2 heterocycles. The number of nitrogens with one attached hydrogen (secondary N) is 1. The highest BCUT2D eigenvalue weighted by atomic mass is 32.2. The standard InChI is InChI=1S/C25H29N3O4S/c1-4-32-14-8-13-26-24(30)23-22-19-11-5-6-12-20(19)27(2)25(22)33-16-21(29)28(23)17-9-7-10-18(15-17)31-3/h5-7,9-12,15,23H,4,8,13-14,16H2,1-3H3,(H,26,30). The van der Waals surface area contributed by atoms with E-state index >= 15 is 0 Å². The van der Waals surface area contributed by atoms with Crippen LogP contribution in [-0.2, 0) is 21.4 Å². The number of benzene rings is 2. The van der Waals surface area contributed by atoms with E-state index in [-0.39, 0.29) is 17.6 Å². The van der Waals surface area contributed by atoms with Crippen LogP contribution in [0.25, 0.3) is 10.9 Å². The Labute approximate surface area is 198 Å². The maximum Gasteiger partial charge on any atom is 0.247 e. The molecule has 1 N–H and O–H groups in total. The first kappa shape index (κ1) is 23.2. The average molecular weight is 468 g/mol. The third-order valence-corrected chi connectivity index (χ3v) is 6.93. The maximum atomic E-state index is 13.7. The highest BCUT2D eigenvalue weighted by molar-refractivity contribution is 8.00. The molecular weight excluding hydrogens is 438 g/mol. The van der Waals surface area contributed by atoms with Gasteiger partial charge in [-0.25, -0.2) is 0 Å². The smallest absolute Gasteiger partial charge is 0.247 e. The van der Waals surface area contributed by atoms with E-state index in [2.05, 4.69) is 9.88 Å². The number of rotatable bonds is 8. The molecule has 0 saturated carbocycles. The molecule has 2 amide bonds. The van der Waals surface area contributed by atoms with Crippen molar-refractivity contribution < 1.29 is 19.1 Å². The first-order valence-corrected chi connectivity index (χ1v) is 12.1. The van der Waals surface area contributed by atoms with Crippen molar-refractivity contribution in [2.75, 3.05) is 37.5 Å². The summed E-state index contributed by atoms with van der Waals surface area (Å²) in [5.41, 5.74) is 2.52. The number of carbonyl (C=O) groups excluding carboxylic acids is 2. The molecule has 174 valence electrons. The van der Waals surface area contributed by atoms with Crippen molar-refractivity contribution in [3.63, 3.8) is 0 Å². The summed E-state index contributed by atoms with van der Waals surface area (Å²) in [6.45, 7) is 3.64. The fourth-order valence-electron chi connectivity index (χ4n) is 4.24. The fraction of sp³-hybridized carbons (Fsp3) is 0.360. The summed E-state index contributed by atoms with van der Waals surface area (Å²) in [6.07, 6.45) is 0.705. The number of para-hydroxylation sites is 1. The molecule has 8 heteroatoms. The van der Waals surface area contributed by atoms with Crippen molar-refractivity contribution in [2.45, 2.75) is 24.4 Å². The molecule has 0 bridgehead atoms. The second-order valence-electron chi connectivity index (χ2n) is 7.79. The van der Waals surface area contributed by atoms with Crippen LogP contribution in [0.1, 0.15) is 24.9 Å². The molecule has 0 radical (unpaired) electrons. The summed E-state index contributed by atoms with van der Waals surface area (Å²) in [6, 6.07) is 14.5. The van der Waals surface area contributed by atoms with Gasteiger partial charge in [0.05, 0.1) is 17.9 Å². The van der Waals surface area contributed by atoms with Gasteiger partial charge >= 0.3 is 0 Å². The molecule has 33 heavy (non-hydrogen) atoms. The zero-order valence-electron chi connectivity index (χ0n) is 19.2. The molecule has 0 spiro atoms. The molecule has 1 aliphatic rings. The quantitative estimate of drug-likeness (QED) is 0.509. The SMILES string of the molecule is CCOCCCNC(=O)C1c2c(n(C)c3ccccc23)SCC(=O)N1c1cccc(OC)c1. The number of hydrogen-bond acceptors (Lipinski definition) is 5. The van der Waals surface area contributed by atoms with Gasteiger partial charge in [0.1, 0.15) is 11.8 Å². The van der Waals surface area contributed by atoms with E-state index in [0.29, 0.717) is 37.6 Å². The molecule has 2 aromatic carbocycles. The fourth-order valence-corrected chi connectivity index (χ4v) is 5.31. The van der Waals surface area contributed by atoms with Crippen LogP contribution in [0.5, 0.6) is 5.75 Å². The Kier molecular flexibility index (Phi) is 7.25. The topological polar surface area (TPSA) is 72.8 Å². The van der Waals surface area contributed by atoms with E-state index in [9.17, 15) is 9.59 Å². The molecule has 3 aromatic rings. The number of thioether (sulfide) groups is 1. The molecular formula is C25H29N3O4S. The largest absolute Gasteiger partial charge is 0.497 e. The van der Waals surface area contributed by atoms with Crippen LogP contribution < -0.4 is 15.0 Å². The normalized spacial score (nSPS) is 15.9. The third-order valence-electron chi connectivity index (χ3n) is 5.77. The molecule has 0 fully saturated rings. The summed E-state index contributed by atoms with van der Waals surface area (Å²) < 4.78 is 12.9. The van der Waals surface area contributed by atoms with E-state index < -0.39 is 6.04 Å². The average Bonchev–Trinajstić information content (AvgIpc) is 3.01. The molecule has 1 unspecified atom stereocenters. The van der Waals surface area contributed by atoms with Crippen LogP contribution in [0.2, 0.25) is 0 Å². The van der Waals surface area contributed by atoms with Gasteiger partial charge in [-0.1, -0.05) is 36.0 Å². The summed E-state index contributed by atoms with van der Waals surface area (Å²) in [4.78, 5) is 28.7. The third kappa shape index (κ3) is 4.58. The second-order valence-corrected chi connectivity index (χ2v) is 8.76. The number of fused-ring (bicyclic) bond motifs is 3. The monoisotopic (exact) mass is 467 g/mol. The van der Waals surface area contributed by atoms with Gasteiger partial charge in [-0.15, -0.1) is 0 Å². The number of amides is 2. The van der Waals surface area contributed by atoms with E-state index in [1.165, 1.54) is 11.8 Å². The Morgan fingerprint density at radius 3 is 2.82 bits per heavy atom. The highest BCUT2D eigenvalue weighted by Crippen LogP contribution is 2.43. The predicted molar refractivity (Wildman–Crippen MR) is 131 cm³/mol. The van der Waals surface area contributed by atoms with Gasteiger partial charge in [0.2, 0.25) is 11.8 Å². The van der Waals surface area contributed by atoms with Crippen LogP contribution in [-0.4, -0.2) is 49.0 Å². The van der Waals surface area contributed by atoms with Gasteiger partial charge < -0.3 is 19.4 Å². The maximum absolute atomic E-state index is 13.7. The van der Waals surface area contributed by atoms with Crippen LogP contribution in [0.3, 0.4) is 0 Å². The lowest BCUT2D eigenvalue weighted by atomic mass is 10.0. The lowest BCUT2D eigenvalue weighted by molar-refractivity contribution is -0.125. The Morgan fingerprint density at radius 1 is 1.21 bits per heavy atom. The number of ether oxygens (including phenoxy) is 2. The summed E-state index contributed by atoms with van der Waals surface area (Å²) in [5.74, 6) is 0.541. The second kappa shape index (κ2) is 10.3. The summed E-state index contributed by atoms with van der Waals surface area (Å²) >= 11 is 1.47. The van der Waals surface area contributed by atoms with Crippen molar-refractivity contribution in [1.29, 1.82) is 0 Å². The molecule has 0 saturated heterocycles. The number of aromatic nitrogens is 1.